The normalized spacial score (nSPS) is 19.1. The number of hydrogen-bond donors (Lipinski definition) is 0. The van der Waals surface area contributed by atoms with Crippen molar-refractivity contribution in [3.63, 3.8) is 0 Å². The molecule has 1 heterocycles. The highest BCUT2D eigenvalue weighted by Gasteiger charge is 2.50. The number of carbonyl (C=O) groups is 2. The zero-order valence-electron chi connectivity index (χ0n) is 7.65. The number of halogens is 3. The lowest BCUT2D eigenvalue weighted by Gasteiger charge is -2.22. The Morgan fingerprint density at radius 3 is 1.94 bits per heavy atom. The Labute approximate surface area is 88.0 Å². The maximum atomic E-state index is 11.9. The molecule has 1 aliphatic heterocycles. The van der Waals surface area contributed by atoms with Crippen LogP contribution < -0.4 is 0 Å². The Bertz CT molecular complexity index is 398. The molecule has 0 spiro atoms. The van der Waals surface area contributed by atoms with Crippen LogP contribution >= 0.6 is 0 Å². The number of piperidine rings is 1. The Morgan fingerprint density at radius 1 is 1.12 bits per heavy atom. The number of nitrogens with zero attached hydrogens (tertiary/aromatic N) is 1. The molecule has 0 bridgehead atoms. The van der Waals surface area contributed by atoms with Crippen molar-refractivity contribution in [1.29, 1.82) is 0 Å². The van der Waals surface area contributed by atoms with Crippen LogP contribution in [0.3, 0.4) is 0 Å². The Hall–Kier alpha value is -1.16. The van der Waals surface area contributed by atoms with Gasteiger partial charge in [-0.3, -0.25) is 9.59 Å². The average Bonchev–Trinajstić information content (AvgIpc) is 2.10. The molecule has 0 aromatic heterocycles. The average molecular weight is 261 g/mol. The van der Waals surface area contributed by atoms with Crippen molar-refractivity contribution < 1.29 is 35.5 Å². The fraction of sp³-hybridized carbons (Fsp3) is 0.667. The lowest BCUT2D eigenvalue weighted by atomic mass is 10.1. The number of hydroxylamine groups is 2. The minimum atomic E-state index is -5.98. The van der Waals surface area contributed by atoms with Crippen molar-refractivity contribution in [1.82, 2.24) is 5.06 Å². The number of hydrogen-bond acceptors (Lipinski definition) is 5. The van der Waals surface area contributed by atoms with E-state index in [2.05, 4.69) is 4.28 Å². The summed E-state index contributed by atoms with van der Waals surface area (Å²) < 4.78 is 60.1. The summed E-state index contributed by atoms with van der Waals surface area (Å²) in [5.74, 6) is -2.21. The second-order valence-corrected chi connectivity index (χ2v) is 4.43. The fourth-order valence-corrected chi connectivity index (χ4v) is 1.40. The molecule has 0 N–H and O–H groups in total. The zero-order valence-corrected chi connectivity index (χ0v) is 8.47. The molecule has 10 heteroatoms. The van der Waals surface area contributed by atoms with Gasteiger partial charge in [0.1, 0.15) is 0 Å². The molecule has 2 amide bonds. The summed E-state index contributed by atoms with van der Waals surface area (Å²) in [6.45, 7) is 0. The second kappa shape index (κ2) is 4.01. The van der Waals surface area contributed by atoms with E-state index in [1.54, 1.807) is 0 Å². The van der Waals surface area contributed by atoms with Gasteiger partial charge in [0.15, 0.2) is 0 Å². The van der Waals surface area contributed by atoms with Crippen LogP contribution in [-0.2, 0) is 24.0 Å². The third kappa shape index (κ3) is 2.50. The minimum absolute atomic E-state index is 0.156. The maximum Gasteiger partial charge on any atom is 0.525 e. The van der Waals surface area contributed by atoms with Crippen LogP contribution in [-0.4, -0.2) is 30.8 Å². The van der Waals surface area contributed by atoms with E-state index >= 15 is 0 Å². The number of amides is 2. The molecule has 0 aliphatic carbocycles. The lowest BCUT2D eigenvalue weighted by molar-refractivity contribution is -0.178. The largest absolute Gasteiger partial charge is 0.525 e. The smallest absolute Gasteiger partial charge is 0.272 e. The Kier molecular flexibility index (Phi) is 3.24. The highest BCUT2D eigenvalue weighted by atomic mass is 32.2. The van der Waals surface area contributed by atoms with Gasteiger partial charge in [0, 0.05) is 12.8 Å². The van der Waals surface area contributed by atoms with Gasteiger partial charge in [-0.15, -0.1) is 9.35 Å². The summed E-state index contributed by atoms with van der Waals surface area (Å²) in [6, 6.07) is 0. The summed E-state index contributed by atoms with van der Waals surface area (Å²) in [6.07, 6.45) is -0.318. The molecule has 1 rings (SSSR count). The summed E-state index contributed by atoms with van der Waals surface area (Å²) in [7, 11) is -5.98. The molecule has 0 aromatic rings. The first-order valence-corrected chi connectivity index (χ1v) is 5.42. The fourth-order valence-electron chi connectivity index (χ4n) is 0.957. The van der Waals surface area contributed by atoms with Crippen molar-refractivity contribution in [3.05, 3.63) is 0 Å². The van der Waals surface area contributed by atoms with Crippen LogP contribution in [0.2, 0.25) is 0 Å². The molecule has 1 fully saturated rings. The predicted molar refractivity (Wildman–Crippen MR) is 41.8 cm³/mol. The molecule has 0 atom stereocenters. The first kappa shape index (κ1) is 12.9. The zero-order chi connectivity index (χ0) is 12.6. The van der Waals surface area contributed by atoms with Gasteiger partial charge < -0.3 is 0 Å². The first-order valence-electron chi connectivity index (χ1n) is 4.02. The van der Waals surface area contributed by atoms with Gasteiger partial charge >= 0.3 is 15.6 Å². The van der Waals surface area contributed by atoms with Gasteiger partial charge in [0.2, 0.25) is 0 Å². The molecule has 1 saturated heterocycles. The van der Waals surface area contributed by atoms with Gasteiger partial charge in [-0.05, 0) is 6.42 Å². The van der Waals surface area contributed by atoms with E-state index < -0.39 is 27.4 Å². The van der Waals surface area contributed by atoms with Crippen LogP contribution in [0, 0.1) is 0 Å². The van der Waals surface area contributed by atoms with Crippen molar-refractivity contribution in [2.24, 2.45) is 0 Å². The van der Waals surface area contributed by atoms with Crippen LogP contribution in [0.5, 0.6) is 0 Å². The molecule has 0 radical (unpaired) electrons. The minimum Gasteiger partial charge on any atom is -0.272 e. The second-order valence-electron chi connectivity index (χ2n) is 2.91. The molecule has 0 saturated carbocycles. The Morgan fingerprint density at radius 2 is 1.56 bits per heavy atom. The number of alkyl halides is 3. The Balaban J connectivity index is 2.88. The molecule has 0 unspecified atom stereocenters. The molecular formula is C6H6F3NO5S. The quantitative estimate of drug-likeness (QED) is 0.527. The number of carbonyl (C=O) groups excluding carboxylic acids is 2. The number of imide groups is 1. The SMILES string of the molecule is O=C1CCCC(=O)N1OS(=O)(=O)C(F)(F)F. The topological polar surface area (TPSA) is 80.8 Å². The van der Waals surface area contributed by atoms with E-state index in [-0.39, 0.29) is 24.3 Å². The molecule has 16 heavy (non-hydrogen) atoms. The van der Waals surface area contributed by atoms with Crippen molar-refractivity contribution in [2.45, 2.75) is 24.8 Å². The van der Waals surface area contributed by atoms with Crippen LogP contribution in [0.1, 0.15) is 19.3 Å². The van der Waals surface area contributed by atoms with Crippen molar-refractivity contribution in [3.8, 4) is 0 Å². The summed E-state index contributed by atoms with van der Waals surface area (Å²) in [4.78, 5) is 21.9. The molecule has 1 aliphatic rings. The van der Waals surface area contributed by atoms with E-state index in [0.29, 0.717) is 0 Å². The van der Waals surface area contributed by atoms with Gasteiger partial charge in [-0.25, -0.2) is 0 Å². The van der Waals surface area contributed by atoms with E-state index in [1.807, 2.05) is 0 Å². The molecule has 92 valence electrons. The molecule has 0 aromatic carbocycles. The standard InChI is InChI=1S/C6H6F3NO5S/c7-6(8,9)16(13,14)15-10-4(11)2-1-3-5(10)12/h1-3H2. The van der Waals surface area contributed by atoms with Crippen molar-refractivity contribution in [2.75, 3.05) is 0 Å². The van der Waals surface area contributed by atoms with E-state index in [1.165, 1.54) is 0 Å². The third-order valence-corrected chi connectivity index (χ3v) is 2.60. The summed E-state index contributed by atoms with van der Waals surface area (Å²) in [5.41, 5.74) is -5.68. The van der Waals surface area contributed by atoms with Crippen LogP contribution in [0.4, 0.5) is 13.2 Å². The van der Waals surface area contributed by atoms with Crippen LogP contribution in [0.25, 0.3) is 0 Å². The molecule has 6 nitrogen and oxygen atoms in total. The number of rotatable bonds is 2. The summed E-state index contributed by atoms with van der Waals surface area (Å²) in [5, 5.41) is -0.355. The lowest BCUT2D eigenvalue weighted by Crippen LogP contribution is -2.44. The first-order chi connectivity index (χ1) is 7.15. The van der Waals surface area contributed by atoms with E-state index in [0.717, 1.165) is 0 Å². The maximum absolute atomic E-state index is 11.9. The predicted octanol–water partition coefficient (Wildman–Crippen LogP) is 0.307. The van der Waals surface area contributed by atoms with Gasteiger partial charge in [-0.1, -0.05) is 0 Å². The monoisotopic (exact) mass is 261 g/mol. The van der Waals surface area contributed by atoms with E-state index in [4.69, 9.17) is 0 Å². The molecular weight excluding hydrogens is 255 g/mol. The van der Waals surface area contributed by atoms with E-state index in [9.17, 15) is 31.2 Å². The van der Waals surface area contributed by atoms with Crippen molar-refractivity contribution >= 4 is 21.9 Å². The third-order valence-electron chi connectivity index (χ3n) is 1.69. The highest BCUT2D eigenvalue weighted by Crippen LogP contribution is 2.27. The van der Waals surface area contributed by atoms with Crippen LogP contribution in [0.15, 0.2) is 0 Å². The van der Waals surface area contributed by atoms with Gasteiger partial charge in [-0.2, -0.15) is 21.6 Å². The summed E-state index contributed by atoms with van der Waals surface area (Å²) >= 11 is 0. The highest BCUT2D eigenvalue weighted by molar-refractivity contribution is 7.87. The van der Waals surface area contributed by atoms with Gasteiger partial charge in [0.05, 0.1) is 0 Å². The van der Waals surface area contributed by atoms with Gasteiger partial charge in [0.25, 0.3) is 11.8 Å².